The summed E-state index contributed by atoms with van der Waals surface area (Å²) in [6.45, 7) is 3.76. The molecule has 0 fully saturated rings. The minimum atomic E-state index is -0.415. The summed E-state index contributed by atoms with van der Waals surface area (Å²) in [7, 11) is 0. The number of nitrogens with zero attached hydrogens (tertiary/aromatic N) is 1. The lowest BCUT2D eigenvalue weighted by molar-refractivity contribution is 0.0531. The molecule has 2 rings (SSSR count). The molecule has 0 spiro atoms. The van der Waals surface area contributed by atoms with Crippen molar-refractivity contribution in [1.29, 1.82) is 0 Å². The van der Waals surface area contributed by atoms with Crippen LogP contribution in [0.2, 0.25) is 0 Å². The Morgan fingerprint density at radius 3 is 2.62 bits per heavy atom. The summed E-state index contributed by atoms with van der Waals surface area (Å²) >= 11 is 3.29. The smallest absolute Gasteiger partial charge is 0.350 e. The minimum absolute atomic E-state index is 0.254. The van der Waals surface area contributed by atoms with Crippen LogP contribution in [0, 0.1) is 10.5 Å². The maximum atomic E-state index is 12.1. The number of amides is 1. The van der Waals surface area contributed by atoms with Crippen LogP contribution in [0.4, 0.5) is 5.13 Å². The average Bonchev–Trinajstić information content (AvgIpc) is 2.80. The number of thiazole rings is 1. The number of anilines is 1. The number of nitrogens with one attached hydrogen (secondary N) is 1. The second-order valence-corrected chi connectivity index (χ2v) is 6.36. The largest absolute Gasteiger partial charge is 0.462 e. The molecule has 0 unspecified atom stereocenters. The Morgan fingerprint density at radius 2 is 2.00 bits per heavy atom. The fraction of sp³-hybridized carbons (Fsp3) is 0.214. The van der Waals surface area contributed by atoms with Crippen LogP contribution in [0.15, 0.2) is 24.3 Å². The molecule has 110 valence electrons. The Kier molecular flexibility index (Phi) is 5.29. The summed E-state index contributed by atoms with van der Waals surface area (Å²) in [5, 5.41) is 3.08. The number of carbonyl (C=O) groups is 2. The number of halogens is 1. The molecule has 1 amide bonds. The number of aromatic nitrogens is 1. The molecule has 0 saturated carbocycles. The van der Waals surface area contributed by atoms with Crippen LogP contribution in [0.25, 0.3) is 0 Å². The zero-order chi connectivity index (χ0) is 15.4. The number of benzene rings is 1. The predicted molar refractivity (Wildman–Crippen MR) is 89.9 cm³/mol. The van der Waals surface area contributed by atoms with Gasteiger partial charge in [-0.2, -0.15) is 0 Å². The Morgan fingerprint density at radius 1 is 1.33 bits per heavy atom. The van der Waals surface area contributed by atoms with Gasteiger partial charge in [-0.1, -0.05) is 11.3 Å². The van der Waals surface area contributed by atoms with E-state index in [4.69, 9.17) is 4.74 Å². The van der Waals surface area contributed by atoms with Crippen molar-refractivity contribution in [1.82, 2.24) is 4.98 Å². The lowest BCUT2D eigenvalue weighted by Gasteiger charge is -2.01. The van der Waals surface area contributed by atoms with Crippen molar-refractivity contribution in [3.8, 4) is 0 Å². The summed E-state index contributed by atoms with van der Waals surface area (Å²) in [5.41, 5.74) is 1.09. The van der Waals surface area contributed by atoms with E-state index in [2.05, 4.69) is 32.9 Å². The van der Waals surface area contributed by atoms with E-state index in [0.29, 0.717) is 27.9 Å². The molecular formula is C14H13IN2O3S. The first kappa shape index (κ1) is 15.9. The third-order valence-electron chi connectivity index (χ3n) is 2.58. The van der Waals surface area contributed by atoms with Crippen LogP contribution < -0.4 is 5.32 Å². The van der Waals surface area contributed by atoms with Gasteiger partial charge in [0.1, 0.15) is 4.88 Å². The zero-order valence-corrected chi connectivity index (χ0v) is 14.4. The first-order valence-electron chi connectivity index (χ1n) is 6.22. The van der Waals surface area contributed by atoms with Crippen molar-refractivity contribution in [2.45, 2.75) is 13.8 Å². The number of esters is 1. The molecule has 0 radical (unpaired) electrons. The van der Waals surface area contributed by atoms with Gasteiger partial charge in [0.2, 0.25) is 0 Å². The predicted octanol–water partition coefficient (Wildman–Crippen LogP) is 3.49. The Labute approximate surface area is 139 Å². The van der Waals surface area contributed by atoms with Crippen LogP contribution >= 0.6 is 33.9 Å². The van der Waals surface area contributed by atoms with E-state index < -0.39 is 5.97 Å². The van der Waals surface area contributed by atoms with Gasteiger partial charge >= 0.3 is 5.97 Å². The molecule has 0 aliphatic heterocycles. The third-order valence-corrected chi connectivity index (χ3v) is 4.36. The first-order valence-corrected chi connectivity index (χ1v) is 8.12. The fourth-order valence-electron chi connectivity index (χ4n) is 1.61. The molecule has 0 saturated heterocycles. The Balaban J connectivity index is 2.13. The molecule has 0 aliphatic carbocycles. The number of rotatable bonds is 4. The first-order chi connectivity index (χ1) is 10.0. The van der Waals surface area contributed by atoms with Gasteiger partial charge in [0.25, 0.3) is 5.91 Å². The third kappa shape index (κ3) is 4.01. The second kappa shape index (κ2) is 6.99. The molecule has 1 N–H and O–H groups in total. The number of aryl methyl sites for hydroxylation is 1. The molecule has 0 bridgehead atoms. The normalized spacial score (nSPS) is 10.2. The van der Waals surface area contributed by atoms with Crippen molar-refractivity contribution < 1.29 is 14.3 Å². The van der Waals surface area contributed by atoms with Gasteiger partial charge in [0.15, 0.2) is 5.13 Å². The van der Waals surface area contributed by atoms with E-state index in [1.165, 1.54) is 0 Å². The van der Waals surface area contributed by atoms with Crippen LogP contribution in [0.1, 0.15) is 32.6 Å². The minimum Gasteiger partial charge on any atom is -0.462 e. The molecule has 7 heteroatoms. The van der Waals surface area contributed by atoms with Crippen LogP contribution in [-0.2, 0) is 4.74 Å². The van der Waals surface area contributed by atoms with E-state index in [1.54, 1.807) is 26.0 Å². The van der Waals surface area contributed by atoms with Crippen LogP contribution in [0.3, 0.4) is 0 Å². The van der Waals surface area contributed by atoms with E-state index in [-0.39, 0.29) is 5.91 Å². The molecule has 1 aromatic heterocycles. The van der Waals surface area contributed by atoms with Crippen LogP contribution in [-0.4, -0.2) is 23.5 Å². The van der Waals surface area contributed by atoms with Crippen molar-refractivity contribution >= 4 is 50.9 Å². The van der Waals surface area contributed by atoms with Crippen molar-refractivity contribution in [3.05, 3.63) is 44.0 Å². The highest BCUT2D eigenvalue weighted by molar-refractivity contribution is 14.1. The maximum absolute atomic E-state index is 12.1. The molecular weight excluding hydrogens is 403 g/mol. The highest BCUT2D eigenvalue weighted by Gasteiger charge is 2.17. The summed E-state index contributed by atoms with van der Waals surface area (Å²) in [6, 6.07) is 7.19. The fourth-order valence-corrected chi connectivity index (χ4v) is 2.82. The van der Waals surface area contributed by atoms with E-state index in [0.717, 1.165) is 14.9 Å². The molecule has 1 heterocycles. The number of carbonyl (C=O) groups excluding carboxylic acids is 2. The topological polar surface area (TPSA) is 68.3 Å². The van der Waals surface area contributed by atoms with Gasteiger partial charge in [0.05, 0.1) is 12.3 Å². The lowest BCUT2D eigenvalue weighted by atomic mass is 10.2. The van der Waals surface area contributed by atoms with Gasteiger partial charge in [0, 0.05) is 9.13 Å². The molecule has 1 aromatic carbocycles. The van der Waals surface area contributed by atoms with Gasteiger partial charge in [-0.25, -0.2) is 9.78 Å². The lowest BCUT2D eigenvalue weighted by Crippen LogP contribution is -2.11. The molecule has 21 heavy (non-hydrogen) atoms. The number of hydrogen-bond donors (Lipinski definition) is 1. The Bertz CT molecular complexity index is 667. The summed E-state index contributed by atoms with van der Waals surface area (Å²) in [4.78, 5) is 28.4. The van der Waals surface area contributed by atoms with E-state index >= 15 is 0 Å². The van der Waals surface area contributed by atoms with Gasteiger partial charge in [-0.05, 0) is 60.7 Å². The summed E-state index contributed by atoms with van der Waals surface area (Å²) in [5.74, 6) is -0.669. The Hall–Kier alpha value is -1.48. The van der Waals surface area contributed by atoms with Gasteiger partial charge in [-0.15, -0.1) is 0 Å². The SMILES string of the molecule is CCOC(=O)c1sc(NC(=O)c2ccc(I)cc2)nc1C. The standard InChI is InChI=1S/C14H13IN2O3S/c1-3-20-13(19)11-8(2)16-14(21-11)17-12(18)9-4-6-10(15)7-5-9/h4-7H,3H2,1-2H3,(H,16,17,18). The molecule has 0 aliphatic rings. The van der Waals surface area contributed by atoms with Crippen molar-refractivity contribution in [2.75, 3.05) is 11.9 Å². The van der Waals surface area contributed by atoms with E-state index in [1.807, 2.05) is 12.1 Å². The highest BCUT2D eigenvalue weighted by atomic mass is 127. The van der Waals surface area contributed by atoms with Crippen molar-refractivity contribution in [2.24, 2.45) is 0 Å². The number of hydrogen-bond acceptors (Lipinski definition) is 5. The van der Waals surface area contributed by atoms with E-state index in [9.17, 15) is 9.59 Å². The average molecular weight is 416 g/mol. The van der Waals surface area contributed by atoms with Gasteiger partial charge in [-0.3, -0.25) is 10.1 Å². The van der Waals surface area contributed by atoms with Crippen molar-refractivity contribution in [3.63, 3.8) is 0 Å². The highest BCUT2D eigenvalue weighted by Crippen LogP contribution is 2.24. The maximum Gasteiger partial charge on any atom is 0.350 e. The van der Waals surface area contributed by atoms with Gasteiger partial charge < -0.3 is 4.74 Å². The summed E-state index contributed by atoms with van der Waals surface area (Å²) in [6.07, 6.45) is 0. The second-order valence-electron chi connectivity index (χ2n) is 4.12. The quantitative estimate of drug-likeness (QED) is 0.612. The summed E-state index contributed by atoms with van der Waals surface area (Å²) < 4.78 is 6.00. The monoisotopic (exact) mass is 416 g/mol. The molecule has 5 nitrogen and oxygen atoms in total. The number of ether oxygens (including phenoxy) is 1. The molecule has 2 aromatic rings. The van der Waals surface area contributed by atoms with Crippen LogP contribution in [0.5, 0.6) is 0 Å². The zero-order valence-electron chi connectivity index (χ0n) is 11.5. The molecule has 0 atom stereocenters.